The molecule has 3 heterocycles. The number of benzene rings is 4. The molecule has 0 radical (unpaired) electrons. The van der Waals surface area contributed by atoms with E-state index in [1.807, 2.05) is 18.2 Å². The van der Waals surface area contributed by atoms with Gasteiger partial charge in [-0.25, -0.2) is 0 Å². The van der Waals surface area contributed by atoms with Gasteiger partial charge in [0.05, 0.1) is 0 Å². The van der Waals surface area contributed by atoms with Crippen molar-refractivity contribution in [3.8, 4) is 68.5 Å². The van der Waals surface area contributed by atoms with Gasteiger partial charge in [-0.2, -0.15) is 15.0 Å². The summed E-state index contributed by atoms with van der Waals surface area (Å²) < 4.78 is 17.9. The van der Waals surface area contributed by atoms with Crippen molar-refractivity contribution in [2.24, 2.45) is 11.8 Å². The fraction of sp³-hybridized carbons (Fsp3) is 0.483. The second-order valence-electron chi connectivity index (χ2n) is 20.2. The summed E-state index contributed by atoms with van der Waals surface area (Å²) in [7, 11) is 0. The Balaban J connectivity index is 0.886. The van der Waals surface area contributed by atoms with E-state index in [0.717, 1.165) is 28.5 Å². The summed E-state index contributed by atoms with van der Waals surface area (Å²) in [4.78, 5) is 14.7. The van der Waals surface area contributed by atoms with Gasteiger partial charge in [-0.15, -0.1) is 0 Å². The Bertz CT molecular complexity index is 2490. The molecule has 0 amide bonds. The van der Waals surface area contributed by atoms with Crippen LogP contribution in [-0.2, 0) is 0 Å². The third-order valence-corrected chi connectivity index (χ3v) is 15.6. The zero-order chi connectivity index (χ0) is 45.4. The fourth-order valence-electron chi connectivity index (χ4n) is 11.5. The van der Waals surface area contributed by atoms with Crippen LogP contribution in [0.3, 0.4) is 0 Å². The van der Waals surface area contributed by atoms with Crippen molar-refractivity contribution in [3.63, 3.8) is 0 Å². The van der Waals surface area contributed by atoms with Crippen LogP contribution < -0.4 is 0 Å². The molecule has 348 valence electrons. The topological polar surface area (TPSA) is 117 Å². The van der Waals surface area contributed by atoms with Crippen molar-refractivity contribution in [3.05, 3.63) is 108 Å². The number of rotatable bonds is 17. The molecular formula is C58H68N6O3. The molecule has 0 bridgehead atoms. The summed E-state index contributed by atoms with van der Waals surface area (Å²) in [5.41, 5.74) is 8.99. The van der Waals surface area contributed by atoms with Crippen LogP contribution in [0.15, 0.2) is 105 Å². The predicted octanol–water partition coefficient (Wildman–Crippen LogP) is 16.6. The minimum Gasteiger partial charge on any atom is -0.334 e. The van der Waals surface area contributed by atoms with Crippen LogP contribution >= 0.6 is 0 Å². The molecule has 0 unspecified atom stereocenters. The minimum absolute atomic E-state index is 0.366. The van der Waals surface area contributed by atoms with Gasteiger partial charge in [-0.05, 0) is 129 Å². The third-order valence-electron chi connectivity index (χ3n) is 15.6. The maximum atomic E-state index is 5.99. The Labute approximate surface area is 397 Å². The van der Waals surface area contributed by atoms with E-state index in [1.165, 1.54) is 152 Å². The highest BCUT2D eigenvalue weighted by atomic mass is 16.5. The molecule has 7 aromatic rings. The van der Waals surface area contributed by atoms with Crippen LogP contribution in [0.4, 0.5) is 0 Å². The lowest BCUT2D eigenvalue weighted by Crippen LogP contribution is -2.13. The average molecular weight is 897 g/mol. The summed E-state index contributed by atoms with van der Waals surface area (Å²) in [5, 5.41) is 13.3. The van der Waals surface area contributed by atoms with Crippen molar-refractivity contribution in [1.29, 1.82) is 0 Å². The Morgan fingerprint density at radius 1 is 0.373 bits per heavy atom. The Morgan fingerprint density at radius 3 is 1.03 bits per heavy atom. The zero-order valence-electron chi connectivity index (χ0n) is 39.8. The standard InChI is InChI=1S/C58H68N6O3/c1-3-5-8-12-39-16-20-42(21-17-39)45-26-32-48(33-27-45)54-60-57(66-63-54)51-36-50(56-59-53(62-65-56)47-30-24-44(25-31-47)41-14-10-7-11-15-41)37-52(38-51)58-61-55(64-67-58)49-34-28-46(29-35-49)43-22-18-40(19-23-43)13-9-6-4-2/h24-43H,3-23H2,1-2H3. The highest BCUT2D eigenvalue weighted by Gasteiger charge is 2.25. The first-order valence-electron chi connectivity index (χ1n) is 26.0. The molecule has 9 heteroatoms. The average Bonchev–Trinajstić information content (AvgIpc) is 4.21. The van der Waals surface area contributed by atoms with Gasteiger partial charge in [0.2, 0.25) is 17.5 Å². The van der Waals surface area contributed by atoms with Gasteiger partial charge in [-0.3, -0.25) is 0 Å². The number of nitrogens with zero attached hydrogens (tertiary/aromatic N) is 6. The van der Waals surface area contributed by atoms with Gasteiger partial charge in [0.15, 0.2) is 0 Å². The van der Waals surface area contributed by atoms with E-state index >= 15 is 0 Å². The molecule has 10 rings (SSSR count). The van der Waals surface area contributed by atoms with Crippen molar-refractivity contribution >= 4 is 0 Å². The van der Waals surface area contributed by atoms with Gasteiger partial charge < -0.3 is 13.6 Å². The number of unbranched alkanes of at least 4 members (excludes halogenated alkanes) is 4. The fourth-order valence-corrected chi connectivity index (χ4v) is 11.5. The molecule has 0 atom stereocenters. The van der Waals surface area contributed by atoms with Crippen LogP contribution in [0.2, 0.25) is 0 Å². The number of hydrogen-bond donors (Lipinski definition) is 0. The second kappa shape index (κ2) is 21.5. The highest BCUT2D eigenvalue weighted by Crippen LogP contribution is 2.41. The van der Waals surface area contributed by atoms with Gasteiger partial charge in [0.25, 0.3) is 17.7 Å². The smallest absolute Gasteiger partial charge is 0.258 e. The molecule has 3 aliphatic rings. The predicted molar refractivity (Wildman–Crippen MR) is 266 cm³/mol. The van der Waals surface area contributed by atoms with Crippen LogP contribution in [0.25, 0.3) is 68.5 Å². The van der Waals surface area contributed by atoms with Gasteiger partial charge in [0.1, 0.15) is 0 Å². The van der Waals surface area contributed by atoms with E-state index in [4.69, 9.17) is 28.5 Å². The first-order valence-corrected chi connectivity index (χ1v) is 26.0. The van der Waals surface area contributed by atoms with Crippen LogP contribution in [-0.4, -0.2) is 30.4 Å². The lowest BCUT2D eigenvalue weighted by molar-refractivity contribution is 0.303. The monoisotopic (exact) mass is 897 g/mol. The Morgan fingerprint density at radius 2 is 0.701 bits per heavy atom. The lowest BCUT2D eigenvalue weighted by Gasteiger charge is -2.29. The van der Waals surface area contributed by atoms with E-state index in [-0.39, 0.29) is 0 Å². The zero-order valence-corrected chi connectivity index (χ0v) is 39.8. The van der Waals surface area contributed by atoms with E-state index in [2.05, 4.69) is 102 Å². The van der Waals surface area contributed by atoms with Gasteiger partial charge in [-0.1, -0.05) is 173 Å². The summed E-state index contributed by atoms with van der Waals surface area (Å²) in [6, 6.07) is 32.1. The first-order chi connectivity index (χ1) is 33.1. The molecule has 3 saturated carbocycles. The third kappa shape index (κ3) is 10.9. The van der Waals surface area contributed by atoms with Crippen molar-refractivity contribution < 1.29 is 13.6 Å². The van der Waals surface area contributed by atoms with E-state index < -0.39 is 0 Å². The van der Waals surface area contributed by atoms with Gasteiger partial charge in [0, 0.05) is 33.4 Å². The number of hydrogen-bond acceptors (Lipinski definition) is 9. The molecule has 67 heavy (non-hydrogen) atoms. The van der Waals surface area contributed by atoms with Gasteiger partial charge >= 0.3 is 0 Å². The summed E-state index contributed by atoms with van der Waals surface area (Å²) in [5.74, 6) is 6.34. The minimum atomic E-state index is 0.366. The van der Waals surface area contributed by atoms with Crippen LogP contribution in [0.5, 0.6) is 0 Å². The molecule has 4 aromatic carbocycles. The SMILES string of the molecule is CCCCCC1CCC(c2ccc(-c3noc(-c4cc(-c5nc(-c6ccc(C7CCCCC7)cc6)no5)cc(-c5nc(-c6ccc(C7CCC(CCCCC)CC7)cc6)no5)c4)n3)cc2)CC1. The summed E-state index contributed by atoms with van der Waals surface area (Å²) in [6.45, 7) is 4.58. The number of aromatic nitrogens is 6. The van der Waals surface area contributed by atoms with Crippen molar-refractivity contribution in [2.75, 3.05) is 0 Å². The molecule has 0 spiro atoms. The Kier molecular flexibility index (Phi) is 14.5. The Hall–Kier alpha value is -5.70. The molecule has 3 fully saturated rings. The normalized spacial score (nSPS) is 20.3. The maximum absolute atomic E-state index is 5.99. The van der Waals surface area contributed by atoms with E-state index in [0.29, 0.717) is 69.6 Å². The van der Waals surface area contributed by atoms with Crippen molar-refractivity contribution in [1.82, 2.24) is 30.4 Å². The van der Waals surface area contributed by atoms with Crippen LogP contribution in [0.1, 0.15) is 183 Å². The summed E-state index contributed by atoms with van der Waals surface area (Å²) >= 11 is 0. The maximum Gasteiger partial charge on any atom is 0.258 e. The lowest BCUT2D eigenvalue weighted by atomic mass is 9.77. The van der Waals surface area contributed by atoms with E-state index in [1.54, 1.807) is 0 Å². The highest BCUT2D eigenvalue weighted by molar-refractivity contribution is 5.75. The molecule has 0 N–H and O–H groups in total. The van der Waals surface area contributed by atoms with Crippen LogP contribution in [0, 0.1) is 11.8 Å². The summed E-state index contributed by atoms with van der Waals surface area (Å²) in [6.07, 6.45) is 27.7. The molecule has 3 aromatic heterocycles. The molecular weight excluding hydrogens is 829 g/mol. The first kappa shape index (κ1) is 45.1. The molecule has 0 saturated heterocycles. The molecule has 3 aliphatic carbocycles. The molecule has 9 nitrogen and oxygen atoms in total. The quantitative estimate of drug-likeness (QED) is 0.0824. The molecule has 0 aliphatic heterocycles. The largest absolute Gasteiger partial charge is 0.334 e. The second-order valence-corrected chi connectivity index (χ2v) is 20.2. The van der Waals surface area contributed by atoms with E-state index in [9.17, 15) is 0 Å². The van der Waals surface area contributed by atoms with Crippen molar-refractivity contribution in [2.45, 2.75) is 166 Å².